The number of aryl methyl sites for hydroxylation is 2. The first kappa shape index (κ1) is 16.3. The molecule has 0 aliphatic carbocycles. The van der Waals surface area contributed by atoms with Gasteiger partial charge in [-0.25, -0.2) is 4.79 Å². The highest BCUT2D eigenvalue weighted by atomic mass is 16.3. The molecule has 0 amide bonds. The smallest absolute Gasteiger partial charge is 0.332 e. The van der Waals surface area contributed by atoms with Gasteiger partial charge in [0.15, 0.2) is 11.2 Å². The summed E-state index contributed by atoms with van der Waals surface area (Å²) in [5.41, 5.74) is 1.82. The fourth-order valence-corrected chi connectivity index (χ4v) is 3.30. The van der Waals surface area contributed by atoms with E-state index in [0.29, 0.717) is 29.9 Å². The molecular weight excluding hydrogens is 334 g/mol. The molecule has 0 bridgehead atoms. The number of imidazole rings is 2. The largest absolute Gasteiger partial charge is 0.396 e. The lowest BCUT2D eigenvalue weighted by Gasteiger charge is -2.08. The molecule has 8 heteroatoms. The second kappa shape index (κ2) is 5.99. The number of hydrogen-bond acceptors (Lipinski definition) is 4. The summed E-state index contributed by atoms with van der Waals surface area (Å²) in [4.78, 5) is 29.4. The minimum Gasteiger partial charge on any atom is -0.396 e. The Balaban J connectivity index is 2.12. The zero-order valence-corrected chi connectivity index (χ0v) is 14.6. The minimum absolute atomic E-state index is 0.0546. The normalized spacial score (nSPS) is 11.7. The molecule has 4 aromatic rings. The van der Waals surface area contributed by atoms with Crippen molar-refractivity contribution < 1.29 is 5.11 Å². The number of benzene rings is 1. The van der Waals surface area contributed by atoms with E-state index in [4.69, 9.17) is 0 Å². The average Bonchev–Trinajstić information content (AvgIpc) is 3.20. The third kappa shape index (κ3) is 2.22. The molecule has 0 aliphatic rings. The second-order valence-electron chi connectivity index (χ2n) is 6.27. The Kier molecular flexibility index (Phi) is 3.77. The van der Waals surface area contributed by atoms with E-state index < -0.39 is 5.69 Å². The van der Waals surface area contributed by atoms with Gasteiger partial charge in [0.1, 0.15) is 0 Å². The van der Waals surface area contributed by atoms with Crippen LogP contribution in [0.5, 0.6) is 0 Å². The molecule has 134 valence electrons. The van der Waals surface area contributed by atoms with Crippen LogP contribution in [0.15, 0.2) is 46.1 Å². The third-order valence-corrected chi connectivity index (χ3v) is 4.67. The number of aromatic nitrogens is 5. The van der Waals surface area contributed by atoms with Gasteiger partial charge in [0.25, 0.3) is 5.56 Å². The van der Waals surface area contributed by atoms with Crippen molar-refractivity contribution >= 4 is 16.9 Å². The molecule has 0 atom stereocenters. The van der Waals surface area contributed by atoms with Gasteiger partial charge in [-0.2, -0.15) is 4.98 Å². The van der Waals surface area contributed by atoms with Crippen molar-refractivity contribution in [3.8, 4) is 11.3 Å². The van der Waals surface area contributed by atoms with Crippen LogP contribution in [0, 0.1) is 0 Å². The summed E-state index contributed by atoms with van der Waals surface area (Å²) < 4.78 is 6.16. The van der Waals surface area contributed by atoms with E-state index in [1.807, 2.05) is 41.1 Å². The Morgan fingerprint density at radius 3 is 2.50 bits per heavy atom. The first-order valence-corrected chi connectivity index (χ1v) is 8.38. The highest BCUT2D eigenvalue weighted by molar-refractivity contribution is 5.78. The Hall–Kier alpha value is -3.13. The van der Waals surface area contributed by atoms with Gasteiger partial charge in [0, 0.05) is 33.4 Å². The number of hydrogen-bond donors (Lipinski definition) is 1. The lowest BCUT2D eigenvalue weighted by molar-refractivity contribution is 0.280. The van der Waals surface area contributed by atoms with E-state index in [2.05, 4.69) is 4.98 Å². The second-order valence-corrected chi connectivity index (χ2v) is 6.27. The lowest BCUT2D eigenvalue weighted by Crippen LogP contribution is -2.37. The topological polar surface area (TPSA) is 86.5 Å². The molecule has 0 saturated heterocycles. The highest BCUT2D eigenvalue weighted by Gasteiger charge is 2.20. The van der Waals surface area contributed by atoms with Crippen LogP contribution in [-0.2, 0) is 20.6 Å². The maximum absolute atomic E-state index is 12.7. The number of aliphatic hydroxyl groups excluding tert-OH is 1. The summed E-state index contributed by atoms with van der Waals surface area (Å²) in [7, 11) is 3.07. The van der Waals surface area contributed by atoms with Gasteiger partial charge in [-0.3, -0.25) is 18.3 Å². The van der Waals surface area contributed by atoms with Gasteiger partial charge < -0.3 is 9.67 Å². The summed E-state index contributed by atoms with van der Waals surface area (Å²) in [5, 5.41) is 9.26. The molecule has 8 nitrogen and oxygen atoms in total. The Morgan fingerprint density at radius 2 is 1.81 bits per heavy atom. The van der Waals surface area contributed by atoms with Crippen molar-refractivity contribution in [3.63, 3.8) is 0 Å². The molecule has 1 N–H and O–H groups in total. The fraction of sp³-hybridized carbons (Fsp3) is 0.278. The monoisotopic (exact) mass is 353 g/mol. The Bertz CT molecular complexity index is 1230. The molecule has 0 fully saturated rings. The van der Waals surface area contributed by atoms with Crippen LogP contribution in [0.25, 0.3) is 28.2 Å². The summed E-state index contributed by atoms with van der Waals surface area (Å²) >= 11 is 0. The molecule has 1 aromatic carbocycles. The summed E-state index contributed by atoms with van der Waals surface area (Å²) in [5.74, 6) is 0.575. The van der Waals surface area contributed by atoms with Crippen molar-refractivity contribution in [3.05, 3.63) is 57.4 Å². The van der Waals surface area contributed by atoms with Crippen LogP contribution in [-0.4, -0.2) is 34.8 Å². The first-order chi connectivity index (χ1) is 12.5. The van der Waals surface area contributed by atoms with E-state index in [0.717, 1.165) is 15.8 Å². The SMILES string of the molecule is Cn1c(=O)c2c(nc3n(CCCO)c(-c4ccccc4)cn23)n(C)c1=O. The minimum atomic E-state index is -0.409. The van der Waals surface area contributed by atoms with Gasteiger partial charge >= 0.3 is 5.69 Å². The molecule has 0 radical (unpaired) electrons. The molecule has 0 aliphatic heterocycles. The average molecular weight is 353 g/mol. The van der Waals surface area contributed by atoms with Crippen molar-refractivity contribution in [2.45, 2.75) is 13.0 Å². The summed E-state index contributed by atoms with van der Waals surface area (Å²) in [6, 6.07) is 9.81. The van der Waals surface area contributed by atoms with E-state index in [9.17, 15) is 14.7 Å². The lowest BCUT2D eigenvalue weighted by atomic mass is 10.1. The fourth-order valence-electron chi connectivity index (χ4n) is 3.30. The number of aliphatic hydroxyl groups is 1. The molecule has 26 heavy (non-hydrogen) atoms. The van der Waals surface area contributed by atoms with Crippen molar-refractivity contribution in [2.24, 2.45) is 14.1 Å². The standard InChI is InChI=1S/C18H19N5O3/c1-20-15-14(16(25)21(2)18(20)26)23-11-13(12-7-4-3-5-8-12)22(9-6-10-24)17(23)19-15/h3-5,7-8,11,24H,6,9-10H2,1-2H3. The van der Waals surface area contributed by atoms with E-state index in [1.165, 1.54) is 11.6 Å². The van der Waals surface area contributed by atoms with Crippen molar-refractivity contribution in [2.75, 3.05) is 6.61 Å². The summed E-state index contributed by atoms with van der Waals surface area (Å²) in [6.45, 7) is 0.605. The van der Waals surface area contributed by atoms with Gasteiger partial charge in [0.05, 0.1) is 5.69 Å². The van der Waals surface area contributed by atoms with Gasteiger partial charge in [0.2, 0.25) is 5.78 Å². The van der Waals surface area contributed by atoms with Gasteiger partial charge in [-0.05, 0) is 12.0 Å². The molecule has 3 heterocycles. The van der Waals surface area contributed by atoms with Crippen molar-refractivity contribution in [1.29, 1.82) is 0 Å². The maximum Gasteiger partial charge on any atom is 0.332 e. The van der Waals surface area contributed by atoms with Crippen LogP contribution in [0.1, 0.15) is 6.42 Å². The first-order valence-electron chi connectivity index (χ1n) is 8.38. The number of fused-ring (bicyclic) bond motifs is 3. The quantitative estimate of drug-likeness (QED) is 0.586. The zero-order valence-electron chi connectivity index (χ0n) is 14.6. The predicted octanol–water partition coefficient (Wildman–Crippen LogP) is 0.736. The van der Waals surface area contributed by atoms with Crippen LogP contribution >= 0.6 is 0 Å². The van der Waals surface area contributed by atoms with E-state index in [1.54, 1.807) is 11.4 Å². The van der Waals surface area contributed by atoms with Crippen LogP contribution < -0.4 is 11.2 Å². The predicted molar refractivity (Wildman–Crippen MR) is 98.3 cm³/mol. The molecule has 4 rings (SSSR count). The zero-order chi connectivity index (χ0) is 18.4. The van der Waals surface area contributed by atoms with Gasteiger partial charge in [-0.1, -0.05) is 30.3 Å². The van der Waals surface area contributed by atoms with Crippen LogP contribution in [0.2, 0.25) is 0 Å². The Labute approximate surface area is 148 Å². The molecule has 3 aromatic heterocycles. The van der Waals surface area contributed by atoms with Crippen molar-refractivity contribution in [1.82, 2.24) is 23.1 Å². The molecule has 0 spiro atoms. The third-order valence-electron chi connectivity index (χ3n) is 4.67. The van der Waals surface area contributed by atoms with E-state index in [-0.39, 0.29) is 12.2 Å². The molecule has 0 saturated carbocycles. The van der Waals surface area contributed by atoms with Crippen LogP contribution in [0.4, 0.5) is 0 Å². The Morgan fingerprint density at radius 1 is 1.08 bits per heavy atom. The summed E-state index contributed by atoms with van der Waals surface area (Å²) in [6.07, 6.45) is 2.42. The highest BCUT2D eigenvalue weighted by Crippen LogP contribution is 2.25. The number of nitrogens with zero attached hydrogens (tertiary/aromatic N) is 5. The molecule has 0 unspecified atom stereocenters. The van der Waals surface area contributed by atoms with Gasteiger partial charge in [-0.15, -0.1) is 0 Å². The van der Waals surface area contributed by atoms with Crippen LogP contribution in [0.3, 0.4) is 0 Å². The van der Waals surface area contributed by atoms with E-state index >= 15 is 0 Å². The number of rotatable bonds is 4. The molecular formula is C18H19N5O3. The maximum atomic E-state index is 12.7.